The molecule has 0 atom stereocenters. The third kappa shape index (κ3) is 3.86. The van der Waals surface area contributed by atoms with Gasteiger partial charge in [-0.05, 0) is 50.4 Å². The SMILES string of the molecule is FC(F)(F)c1cccc(Cc2noc(C3CCN(C4CC4)CC3)n2)c1. The highest BCUT2D eigenvalue weighted by molar-refractivity contribution is 5.27. The van der Waals surface area contributed by atoms with Gasteiger partial charge >= 0.3 is 6.18 Å². The molecule has 0 N–H and O–H groups in total. The van der Waals surface area contributed by atoms with Crippen molar-refractivity contribution in [2.75, 3.05) is 13.1 Å². The molecule has 1 aromatic heterocycles. The van der Waals surface area contributed by atoms with Crippen LogP contribution in [0.1, 0.15) is 54.4 Å². The van der Waals surface area contributed by atoms with E-state index in [1.807, 2.05) is 0 Å². The van der Waals surface area contributed by atoms with E-state index in [2.05, 4.69) is 15.0 Å². The van der Waals surface area contributed by atoms with Crippen LogP contribution in [-0.4, -0.2) is 34.2 Å². The lowest BCUT2D eigenvalue weighted by Gasteiger charge is -2.30. The topological polar surface area (TPSA) is 42.2 Å². The molecular weight excluding hydrogens is 331 g/mol. The van der Waals surface area contributed by atoms with Crippen molar-refractivity contribution in [1.29, 1.82) is 0 Å². The van der Waals surface area contributed by atoms with Gasteiger partial charge in [-0.3, -0.25) is 0 Å². The summed E-state index contributed by atoms with van der Waals surface area (Å²) in [5, 5.41) is 3.96. The summed E-state index contributed by atoms with van der Waals surface area (Å²) in [4.78, 5) is 6.95. The summed E-state index contributed by atoms with van der Waals surface area (Å²) < 4.78 is 43.8. The van der Waals surface area contributed by atoms with Crippen LogP contribution in [0, 0.1) is 0 Å². The van der Waals surface area contributed by atoms with E-state index in [-0.39, 0.29) is 12.3 Å². The highest BCUT2D eigenvalue weighted by Crippen LogP contribution is 2.34. The minimum Gasteiger partial charge on any atom is -0.339 e. The smallest absolute Gasteiger partial charge is 0.339 e. The second-order valence-electron chi connectivity index (χ2n) is 6.97. The van der Waals surface area contributed by atoms with Gasteiger partial charge in [0.15, 0.2) is 5.82 Å². The summed E-state index contributed by atoms with van der Waals surface area (Å²) in [6, 6.07) is 6.05. The number of hydrogen-bond acceptors (Lipinski definition) is 4. The first-order valence-corrected chi connectivity index (χ1v) is 8.72. The number of alkyl halides is 3. The molecule has 1 aliphatic heterocycles. The van der Waals surface area contributed by atoms with E-state index in [0.717, 1.165) is 44.1 Å². The minimum absolute atomic E-state index is 0.244. The molecule has 2 fully saturated rings. The molecule has 4 rings (SSSR count). The zero-order valence-corrected chi connectivity index (χ0v) is 13.8. The lowest BCUT2D eigenvalue weighted by Crippen LogP contribution is -2.34. The van der Waals surface area contributed by atoms with E-state index in [1.54, 1.807) is 6.07 Å². The van der Waals surface area contributed by atoms with E-state index in [0.29, 0.717) is 17.3 Å². The quantitative estimate of drug-likeness (QED) is 0.834. The molecule has 0 amide bonds. The highest BCUT2D eigenvalue weighted by Gasteiger charge is 2.34. The molecule has 1 aromatic carbocycles. The third-order valence-electron chi connectivity index (χ3n) is 5.04. The van der Waals surface area contributed by atoms with Gasteiger partial charge in [0, 0.05) is 18.4 Å². The molecule has 0 unspecified atom stereocenters. The standard InChI is InChI=1S/C18H20F3N3O/c19-18(20,21)14-3-1-2-12(10-14)11-16-22-17(25-23-16)13-6-8-24(9-7-13)15-4-5-15/h1-3,10,13,15H,4-9,11H2. The number of nitrogens with zero attached hydrogens (tertiary/aromatic N) is 3. The first kappa shape index (κ1) is 16.6. The predicted octanol–water partition coefficient (Wildman–Crippen LogP) is 4.02. The fourth-order valence-electron chi connectivity index (χ4n) is 3.50. The Labute approximate surface area is 144 Å². The van der Waals surface area contributed by atoms with Gasteiger partial charge in [-0.25, -0.2) is 0 Å². The predicted molar refractivity (Wildman–Crippen MR) is 85.1 cm³/mol. The largest absolute Gasteiger partial charge is 0.416 e. The molecule has 2 heterocycles. The molecular formula is C18H20F3N3O. The molecule has 1 saturated heterocycles. The normalized spacial score (nSPS) is 20.1. The van der Waals surface area contributed by atoms with Gasteiger partial charge in [-0.1, -0.05) is 23.4 Å². The van der Waals surface area contributed by atoms with Crippen LogP contribution < -0.4 is 0 Å². The van der Waals surface area contributed by atoms with Crippen molar-refractivity contribution >= 4 is 0 Å². The van der Waals surface area contributed by atoms with Crippen LogP contribution in [0.25, 0.3) is 0 Å². The van der Waals surface area contributed by atoms with Crippen molar-refractivity contribution in [2.45, 2.75) is 50.2 Å². The zero-order chi connectivity index (χ0) is 17.4. The zero-order valence-electron chi connectivity index (χ0n) is 13.8. The van der Waals surface area contributed by atoms with Gasteiger partial charge in [0.1, 0.15) is 0 Å². The molecule has 2 aromatic rings. The van der Waals surface area contributed by atoms with Crippen LogP contribution in [0.4, 0.5) is 13.2 Å². The maximum atomic E-state index is 12.8. The summed E-state index contributed by atoms with van der Waals surface area (Å²) in [7, 11) is 0. The van der Waals surface area contributed by atoms with E-state index >= 15 is 0 Å². The summed E-state index contributed by atoms with van der Waals surface area (Å²) >= 11 is 0. The third-order valence-corrected chi connectivity index (χ3v) is 5.04. The van der Waals surface area contributed by atoms with Crippen molar-refractivity contribution in [3.8, 4) is 0 Å². The van der Waals surface area contributed by atoms with E-state index in [4.69, 9.17) is 4.52 Å². The van der Waals surface area contributed by atoms with Gasteiger partial charge < -0.3 is 9.42 Å². The Hall–Kier alpha value is -1.89. The van der Waals surface area contributed by atoms with Gasteiger partial charge in [0.2, 0.25) is 5.89 Å². The fraction of sp³-hybridized carbons (Fsp3) is 0.556. The Morgan fingerprint density at radius 3 is 2.56 bits per heavy atom. The van der Waals surface area contributed by atoms with Gasteiger partial charge in [-0.2, -0.15) is 18.2 Å². The Bertz CT molecular complexity index is 731. The van der Waals surface area contributed by atoms with E-state index in [9.17, 15) is 13.2 Å². The first-order valence-electron chi connectivity index (χ1n) is 8.72. The molecule has 1 aliphatic carbocycles. The van der Waals surface area contributed by atoms with Crippen LogP contribution in [0.15, 0.2) is 28.8 Å². The summed E-state index contributed by atoms with van der Waals surface area (Å²) in [5.41, 5.74) is -0.119. The minimum atomic E-state index is -4.34. The van der Waals surface area contributed by atoms with E-state index < -0.39 is 11.7 Å². The van der Waals surface area contributed by atoms with Crippen LogP contribution in [0.2, 0.25) is 0 Å². The number of aromatic nitrogens is 2. The molecule has 0 spiro atoms. The highest BCUT2D eigenvalue weighted by atomic mass is 19.4. The first-order chi connectivity index (χ1) is 12.0. The number of likely N-dealkylation sites (tertiary alicyclic amines) is 1. The van der Waals surface area contributed by atoms with Gasteiger partial charge in [0.25, 0.3) is 0 Å². The fourth-order valence-corrected chi connectivity index (χ4v) is 3.50. The number of halogens is 3. The number of benzene rings is 1. The lowest BCUT2D eigenvalue weighted by molar-refractivity contribution is -0.137. The molecule has 1 saturated carbocycles. The van der Waals surface area contributed by atoms with E-state index in [1.165, 1.54) is 18.9 Å². The van der Waals surface area contributed by atoms with Crippen molar-refractivity contribution in [3.05, 3.63) is 47.1 Å². The molecule has 4 nitrogen and oxygen atoms in total. The maximum Gasteiger partial charge on any atom is 0.416 e. The molecule has 2 aliphatic rings. The Kier molecular flexibility index (Phi) is 4.27. The van der Waals surface area contributed by atoms with Crippen molar-refractivity contribution < 1.29 is 17.7 Å². The van der Waals surface area contributed by atoms with Gasteiger partial charge in [0.05, 0.1) is 5.56 Å². The second-order valence-corrected chi connectivity index (χ2v) is 6.97. The Balaban J connectivity index is 1.40. The summed E-state index contributed by atoms with van der Waals surface area (Å²) in [5.74, 6) is 1.33. The second kappa shape index (κ2) is 6.44. The molecule has 25 heavy (non-hydrogen) atoms. The average Bonchev–Trinajstić information content (AvgIpc) is 3.34. The van der Waals surface area contributed by atoms with Gasteiger partial charge in [-0.15, -0.1) is 0 Å². The summed E-state index contributed by atoms with van der Waals surface area (Å²) in [6.07, 6.45) is 0.532. The summed E-state index contributed by atoms with van der Waals surface area (Å²) in [6.45, 7) is 2.11. The maximum absolute atomic E-state index is 12.8. The van der Waals surface area contributed by atoms with Crippen LogP contribution >= 0.6 is 0 Å². The average molecular weight is 351 g/mol. The Morgan fingerprint density at radius 2 is 1.88 bits per heavy atom. The molecule has 0 bridgehead atoms. The number of rotatable bonds is 4. The molecule has 0 radical (unpaired) electrons. The number of hydrogen-bond donors (Lipinski definition) is 0. The van der Waals surface area contributed by atoms with Crippen LogP contribution in [-0.2, 0) is 12.6 Å². The molecule has 134 valence electrons. The molecule has 7 heteroatoms. The monoisotopic (exact) mass is 351 g/mol. The van der Waals surface area contributed by atoms with Crippen molar-refractivity contribution in [3.63, 3.8) is 0 Å². The number of piperidine rings is 1. The lowest BCUT2D eigenvalue weighted by atomic mass is 9.96. The van der Waals surface area contributed by atoms with Crippen molar-refractivity contribution in [1.82, 2.24) is 15.0 Å². The Morgan fingerprint density at radius 1 is 1.12 bits per heavy atom. The van der Waals surface area contributed by atoms with Crippen LogP contribution in [0.5, 0.6) is 0 Å². The van der Waals surface area contributed by atoms with Crippen LogP contribution in [0.3, 0.4) is 0 Å². The van der Waals surface area contributed by atoms with Crippen molar-refractivity contribution in [2.24, 2.45) is 0 Å².